The van der Waals surface area contributed by atoms with Gasteiger partial charge in [-0.05, 0) is 12.8 Å². The SMILES string of the molecule is C=CCNC(=NC)NCCc1nnc2n1CCCCC2. The molecule has 0 radical (unpaired) electrons. The van der Waals surface area contributed by atoms with Crippen LogP contribution in [0.4, 0.5) is 0 Å². The molecule has 2 heterocycles. The Hall–Kier alpha value is -1.85. The molecule has 0 fully saturated rings. The normalized spacial score (nSPS) is 15.3. The van der Waals surface area contributed by atoms with Crippen LogP contribution in [-0.4, -0.2) is 40.9 Å². The molecule has 0 atom stereocenters. The van der Waals surface area contributed by atoms with E-state index in [1.54, 1.807) is 7.05 Å². The molecule has 6 nitrogen and oxygen atoms in total. The summed E-state index contributed by atoms with van der Waals surface area (Å²) in [6.07, 6.45) is 7.48. The summed E-state index contributed by atoms with van der Waals surface area (Å²) in [7, 11) is 1.77. The fourth-order valence-corrected chi connectivity index (χ4v) is 2.41. The summed E-state index contributed by atoms with van der Waals surface area (Å²) >= 11 is 0. The van der Waals surface area contributed by atoms with Crippen LogP contribution in [0, 0.1) is 0 Å². The van der Waals surface area contributed by atoms with E-state index in [4.69, 9.17) is 0 Å². The molecular formula is C14H24N6. The maximum atomic E-state index is 4.32. The van der Waals surface area contributed by atoms with E-state index in [0.717, 1.165) is 43.5 Å². The molecule has 1 aliphatic rings. The number of nitrogens with zero attached hydrogens (tertiary/aromatic N) is 4. The highest BCUT2D eigenvalue weighted by molar-refractivity contribution is 5.79. The van der Waals surface area contributed by atoms with E-state index >= 15 is 0 Å². The Morgan fingerprint density at radius 2 is 2.25 bits per heavy atom. The van der Waals surface area contributed by atoms with E-state index < -0.39 is 0 Å². The molecule has 1 aliphatic heterocycles. The first kappa shape index (κ1) is 14.6. The van der Waals surface area contributed by atoms with Gasteiger partial charge in [-0.15, -0.1) is 16.8 Å². The van der Waals surface area contributed by atoms with Crippen molar-refractivity contribution in [2.75, 3.05) is 20.1 Å². The molecule has 0 spiro atoms. The van der Waals surface area contributed by atoms with Gasteiger partial charge in [-0.2, -0.15) is 0 Å². The second-order valence-electron chi connectivity index (χ2n) is 4.91. The highest BCUT2D eigenvalue weighted by atomic mass is 15.3. The number of hydrogen-bond acceptors (Lipinski definition) is 3. The van der Waals surface area contributed by atoms with Crippen LogP contribution >= 0.6 is 0 Å². The van der Waals surface area contributed by atoms with Gasteiger partial charge in [0.05, 0.1) is 0 Å². The third kappa shape index (κ3) is 3.82. The molecule has 0 bridgehead atoms. The van der Waals surface area contributed by atoms with Gasteiger partial charge < -0.3 is 15.2 Å². The standard InChI is InChI=1S/C14H24N6/c1-3-9-16-14(15-2)17-10-8-13-19-18-12-7-5-4-6-11-20(12)13/h3H,1,4-11H2,2H3,(H2,15,16,17). The Kier molecular flexibility index (Phi) is 5.58. The lowest BCUT2D eigenvalue weighted by molar-refractivity contribution is 0.600. The van der Waals surface area contributed by atoms with Crippen molar-refractivity contribution in [2.45, 2.75) is 38.6 Å². The van der Waals surface area contributed by atoms with Crippen molar-refractivity contribution in [3.8, 4) is 0 Å². The number of fused-ring (bicyclic) bond motifs is 1. The lowest BCUT2D eigenvalue weighted by Gasteiger charge is -2.11. The van der Waals surface area contributed by atoms with Crippen molar-refractivity contribution in [1.29, 1.82) is 0 Å². The smallest absolute Gasteiger partial charge is 0.191 e. The Morgan fingerprint density at radius 1 is 1.35 bits per heavy atom. The van der Waals surface area contributed by atoms with E-state index in [-0.39, 0.29) is 0 Å². The maximum absolute atomic E-state index is 4.32. The summed E-state index contributed by atoms with van der Waals surface area (Å²) in [6, 6.07) is 0. The number of aryl methyl sites for hydroxylation is 1. The van der Waals surface area contributed by atoms with Crippen LogP contribution in [-0.2, 0) is 19.4 Å². The van der Waals surface area contributed by atoms with Gasteiger partial charge in [-0.1, -0.05) is 12.5 Å². The second-order valence-corrected chi connectivity index (χ2v) is 4.91. The van der Waals surface area contributed by atoms with Gasteiger partial charge in [0.2, 0.25) is 0 Å². The van der Waals surface area contributed by atoms with E-state index in [1.165, 1.54) is 19.3 Å². The molecule has 2 rings (SSSR count). The summed E-state index contributed by atoms with van der Waals surface area (Å²) < 4.78 is 2.29. The van der Waals surface area contributed by atoms with Crippen LogP contribution in [0.3, 0.4) is 0 Å². The molecule has 0 aromatic carbocycles. The Labute approximate surface area is 120 Å². The lowest BCUT2D eigenvalue weighted by atomic mass is 10.2. The van der Waals surface area contributed by atoms with Crippen LogP contribution in [0.2, 0.25) is 0 Å². The van der Waals surface area contributed by atoms with Crippen molar-refractivity contribution in [3.05, 3.63) is 24.3 Å². The van der Waals surface area contributed by atoms with Gasteiger partial charge >= 0.3 is 0 Å². The molecule has 1 aromatic heterocycles. The van der Waals surface area contributed by atoms with Gasteiger partial charge in [0.25, 0.3) is 0 Å². The monoisotopic (exact) mass is 276 g/mol. The number of aliphatic imine (C=N–C) groups is 1. The molecular weight excluding hydrogens is 252 g/mol. The average Bonchev–Trinajstić information content (AvgIpc) is 2.70. The number of nitrogens with one attached hydrogen (secondary N) is 2. The van der Waals surface area contributed by atoms with Gasteiger partial charge in [-0.3, -0.25) is 4.99 Å². The number of hydrogen-bond donors (Lipinski definition) is 2. The van der Waals surface area contributed by atoms with Crippen LogP contribution in [0.25, 0.3) is 0 Å². The molecule has 2 N–H and O–H groups in total. The highest BCUT2D eigenvalue weighted by Crippen LogP contribution is 2.14. The van der Waals surface area contributed by atoms with Gasteiger partial charge in [0.15, 0.2) is 5.96 Å². The lowest BCUT2D eigenvalue weighted by Crippen LogP contribution is -2.38. The molecule has 0 saturated carbocycles. The van der Waals surface area contributed by atoms with Gasteiger partial charge in [0.1, 0.15) is 11.6 Å². The Morgan fingerprint density at radius 3 is 3.05 bits per heavy atom. The summed E-state index contributed by atoms with van der Waals surface area (Å²) in [5.41, 5.74) is 0. The first-order valence-corrected chi connectivity index (χ1v) is 7.31. The zero-order valence-electron chi connectivity index (χ0n) is 12.2. The molecule has 110 valence electrons. The third-order valence-electron chi connectivity index (χ3n) is 3.46. The highest BCUT2D eigenvalue weighted by Gasteiger charge is 2.14. The van der Waals surface area contributed by atoms with Crippen LogP contribution in [0.1, 0.15) is 30.9 Å². The second kappa shape index (κ2) is 7.67. The summed E-state index contributed by atoms with van der Waals surface area (Å²) in [5.74, 6) is 3.01. The van der Waals surface area contributed by atoms with Crippen molar-refractivity contribution >= 4 is 5.96 Å². The fraction of sp³-hybridized carbons (Fsp3) is 0.643. The zero-order valence-corrected chi connectivity index (χ0v) is 12.2. The van der Waals surface area contributed by atoms with Gasteiger partial charge in [-0.25, -0.2) is 0 Å². The van der Waals surface area contributed by atoms with E-state index in [2.05, 4.69) is 37.0 Å². The minimum Gasteiger partial charge on any atom is -0.356 e. The number of aromatic nitrogens is 3. The van der Waals surface area contributed by atoms with Crippen molar-refractivity contribution in [1.82, 2.24) is 25.4 Å². The van der Waals surface area contributed by atoms with Crippen molar-refractivity contribution < 1.29 is 0 Å². The topological polar surface area (TPSA) is 67.1 Å². The molecule has 6 heteroatoms. The molecule has 0 saturated heterocycles. The summed E-state index contributed by atoms with van der Waals surface area (Å²) in [6.45, 7) is 6.24. The fourth-order valence-electron chi connectivity index (χ4n) is 2.41. The van der Waals surface area contributed by atoms with E-state index in [0.29, 0.717) is 6.54 Å². The number of guanidine groups is 1. The van der Waals surface area contributed by atoms with Gasteiger partial charge in [0, 0.05) is 39.5 Å². The van der Waals surface area contributed by atoms with Crippen LogP contribution in [0.15, 0.2) is 17.6 Å². The van der Waals surface area contributed by atoms with Crippen LogP contribution in [0.5, 0.6) is 0 Å². The van der Waals surface area contributed by atoms with E-state index in [9.17, 15) is 0 Å². The average molecular weight is 276 g/mol. The van der Waals surface area contributed by atoms with Crippen molar-refractivity contribution in [2.24, 2.45) is 4.99 Å². The Balaban J connectivity index is 1.85. The third-order valence-corrected chi connectivity index (χ3v) is 3.46. The largest absolute Gasteiger partial charge is 0.356 e. The zero-order chi connectivity index (χ0) is 14.2. The first-order chi connectivity index (χ1) is 9.85. The molecule has 1 aromatic rings. The molecule has 0 amide bonds. The molecule has 0 unspecified atom stereocenters. The quantitative estimate of drug-likeness (QED) is 0.476. The van der Waals surface area contributed by atoms with Crippen LogP contribution < -0.4 is 10.6 Å². The predicted molar refractivity (Wildman–Crippen MR) is 80.8 cm³/mol. The summed E-state index contributed by atoms with van der Waals surface area (Å²) in [4.78, 5) is 4.15. The minimum absolute atomic E-state index is 0.708. The predicted octanol–water partition coefficient (Wildman–Crippen LogP) is 0.898. The Bertz CT molecular complexity index is 462. The summed E-state index contributed by atoms with van der Waals surface area (Å²) in [5, 5.41) is 15.1. The van der Waals surface area contributed by atoms with Crippen molar-refractivity contribution in [3.63, 3.8) is 0 Å². The van der Waals surface area contributed by atoms with E-state index in [1.807, 2.05) is 6.08 Å². The molecule has 20 heavy (non-hydrogen) atoms. The first-order valence-electron chi connectivity index (χ1n) is 7.31. The maximum Gasteiger partial charge on any atom is 0.191 e. The number of rotatable bonds is 5. The molecule has 0 aliphatic carbocycles. The minimum atomic E-state index is 0.708.